The van der Waals surface area contributed by atoms with Gasteiger partial charge in [-0.3, -0.25) is 4.79 Å². The van der Waals surface area contributed by atoms with Gasteiger partial charge in [-0.15, -0.1) is 11.6 Å². The molecule has 0 spiro atoms. The Labute approximate surface area is 104 Å². The van der Waals surface area contributed by atoms with Crippen LogP contribution in [0.5, 0.6) is 0 Å². The van der Waals surface area contributed by atoms with Crippen LogP contribution in [0.15, 0.2) is 22.7 Å². The second-order valence-corrected chi connectivity index (χ2v) is 4.83. The van der Waals surface area contributed by atoms with Crippen molar-refractivity contribution in [3.05, 3.63) is 31.8 Å². The van der Waals surface area contributed by atoms with Gasteiger partial charge in [-0.1, -0.05) is 22.0 Å². The monoisotopic (exact) mass is 372 g/mol. The molecule has 0 heterocycles. The number of alkyl halides is 1. The number of benzene rings is 1. The van der Waals surface area contributed by atoms with Gasteiger partial charge >= 0.3 is 0 Å². The van der Waals surface area contributed by atoms with Crippen LogP contribution in [0.25, 0.3) is 0 Å². The lowest BCUT2D eigenvalue weighted by molar-refractivity contribution is -0.116. The van der Waals surface area contributed by atoms with Crippen molar-refractivity contribution < 1.29 is 4.79 Å². The fraction of sp³-hybridized carbons (Fsp3) is 0.222. The fourth-order valence-corrected chi connectivity index (χ4v) is 2.61. The molecule has 0 atom stereocenters. The maximum Gasteiger partial charge on any atom is 0.152 e. The van der Waals surface area contributed by atoms with Gasteiger partial charge in [0.25, 0.3) is 0 Å². The van der Waals surface area contributed by atoms with E-state index in [9.17, 15) is 4.79 Å². The molecule has 0 aromatic heterocycles. The summed E-state index contributed by atoms with van der Waals surface area (Å²) >= 11 is 11.1. The third-order valence-electron chi connectivity index (χ3n) is 1.58. The lowest BCUT2D eigenvalue weighted by Gasteiger charge is -2.04. The third-order valence-corrected chi connectivity index (χ3v) is 3.64. The molecule has 0 aliphatic rings. The summed E-state index contributed by atoms with van der Waals surface area (Å²) in [6.45, 7) is 0. The van der Waals surface area contributed by atoms with E-state index in [1.165, 1.54) is 0 Å². The average Bonchev–Trinajstić information content (AvgIpc) is 2.11. The molecule has 4 heteroatoms. The molecular formula is C9H7BrClIO. The minimum Gasteiger partial charge on any atom is -0.298 e. The predicted octanol–water partition coefficient (Wildman–Crippen LogP) is 3.40. The van der Waals surface area contributed by atoms with Crippen LogP contribution in [0.4, 0.5) is 0 Å². The first-order chi connectivity index (χ1) is 6.15. The van der Waals surface area contributed by atoms with E-state index in [2.05, 4.69) is 38.5 Å². The molecular weight excluding hydrogens is 366 g/mol. The van der Waals surface area contributed by atoms with Crippen molar-refractivity contribution in [3.8, 4) is 0 Å². The zero-order valence-electron chi connectivity index (χ0n) is 6.69. The number of halogens is 3. The molecule has 0 aliphatic carbocycles. The normalized spacial score (nSPS) is 10.1. The average molecular weight is 373 g/mol. The van der Waals surface area contributed by atoms with Crippen molar-refractivity contribution >= 4 is 55.9 Å². The minimum absolute atomic E-state index is 0.0477. The first kappa shape index (κ1) is 11.5. The van der Waals surface area contributed by atoms with Crippen molar-refractivity contribution in [2.75, 3.05) is 5.88 Å². The quantitative estimate of drug-likeness (QED) is 0.586. The Morgan fingerprint density at radius 2 is 2.23 bits per heavy atom. The molecule has 0 bridgehead atoms. The van der Waals surface area contributed by atoms with Crippen molar-refractivity contribution in [2.45, 2.75) is 6.42 Å². The maximum atomic E-state index is 11.1. The highest BCUT2D eigenvalue weighted by molar-refractivity contribution is 14.1. The van der Waals surface area contributed by atoms with E-state index in [-0.39, 0.29) is 11.7 Å². The van der Waals surface area contributed by atoms with E-state index in [4.69, 9.17) is 11.6 Å². The van der Waals surface area contributed by atoms with Gasteiger partial charge in [0.2, 0.25) is 0 Å². The SMILES string of the molecule is O=C(CCl)Cc1c(Br)cccc1I. The lowest BCUT2D eigenvalue weighted by Crippen LogP contribution is -2.05. The fourth-order valence-electron chi connectivity index (χ4n) is 0.946. The zero-order chi connectivity index (χ0) is 9.84. The van der Waals surface area contributed by atoms with Gasteiger partial charge in [-0.25, -0.2) is 0 Å². The Kier molecular flexibility index (Phi) is 4.69. The maximum absolute atomic E-state index is 11.1. The van der Waals surface area contributed by atoms with Gasteiger partial charge in [0, 0.05) is 14.5 Å². The van der Waals surface area contributed by atoms with Crippen LogP contribution in [-0.2, 0) is 11.2 Å². The van der Waals surface area contributed by atoms with Gasteiger partial charge in [-0.2, -0.15) is 0 Å². The first-order valence-corrected chi connectivity index (χ1v) is 6.06. The topological polar surface area (TPSA) is 17.1 Å². The standard InChI is InChI=1S/C9H7BrClIO/c10-8-2-1-3-9(12)7(8)4-6(13)5-11/h1-3H,4-5H2. The number of rotatable bonds is 3. The molecule has 0 saturated heterocycles. The van der Waals surface area contributed by atoms with E-state index in [1.807, 2.05) is 18.2 Å². The van der Waals surface area contributed by atoms with Crippen molar-refractivity contribution in [3.63, 3.8) is 0 Å². The Hall–Kier alpha value is 0.390. The molecule has 1 nitrogen and oxygen atoms in total. The molecule has 1 aromatic carbocycles. The summed E-state index contributed by atoms with van der Waals surface area (Å²) in [4.78, 5) is 11.1. The van der Waals surface area contributed by atoms with Crippen LogP contribution >= 0.6 is 50.1 Å². The molecule has 1 rings (SSSR count). The van der Waals surface area contributed by atoms with E-state index in [0.717, 1.165) is 13.6 Å². The molecule has 1 aromatic rings. The Morgan fingerprint density at radius 1 is 1.54 bits per heavy atom. The molecule has 0 amide bonds. The summed E-state index contributed by atoms with van der Waals surface area (Å²) in [6.07, 6.45) is 0.406. The van der Waals surface area contributed by atoms with Gasteiger partial charge in [-0.05, 0) is 40.3 Å². The number of hydrogen-bond acceptors (Lipinski definition) is 1. The van der Waals surface area contributed by atoms with E-state index in [0.29, 0.717) is 6.42 Å². The number of carbonyl (C=O) groups excluding carboxylic acids is 1. The number of carbonyl (C=O) groups is 1. The van der Waals surface area contributed by atoms with Gasteiger partial charge in [0.05, 0.1) is 5.88 Å². The van der Waals surface area contributed by atoms with Crippen LogP contribution in [0.2, 0.25) is 0 Å². The molecule has 0 aliphatic heterocycles. The Morgan fingerprint density at radius 3 is 2.77 bits per heavy atom. The molecule has 0 saturated carbocycles. The predicted molar refractivity (Wildman–Crippen MR) is 66.3 cm³/mol. The molecule has 0 radical (unpaired) electrons. The lowest BCUT2D eigenvalue weighted by atomic mass is 10.1. The Bertz CT molecular complexity index is 307. The summed E-state index contributed by atoms with van der Waals surface area (Å²) in [5, 5.41) is 0. The summed E-state index contributed by atoms with van der Waals surface area (Å²) in [5.41, 5.74) is 1.02. The third kappa shape index (κ3) is 3.22. The number of hydrogen-bond donors (Lipinski definition) is 0. The van der Waals surface area contributed by atoms with Crippen LogP contribution in [-0.4, -0.2) is 11.7 Å². The van der Waals surface area contributed by atoms with E-state index < -0.39 is 0 Å². The summed E-state index contributed by atoms with van der Waals surface area (Å²) in [5.74, 6) is 0.128. The van der Waals surface area contributed by atoms with E-state index in [1.54, 1.807) is 0 Å². The van der Waals surface area contributed by atoms with Crippen LogP contribution < -0.4 is 0 Å². The largest absolute Gasteiger partial charge is 0.298 e. The summed E-state index contributed by atoms with van der Waals surface area (Å²) in [6, 6.07) is 5.85. The highest BCUT2D eigenvalue weighted by Gasteiger charge is 2.08. The molecule has 70 valence electrons. The van der Waals surface area contributed by atoms with E-state index >= 15 is 0 Å². The van der Waals surface area contributed by atoms with Gasteiger partial charge < -0.3 is 0 Å². The zero-order valence-corrected chi connectivity index (χ0v) is 11.2. The van der Waals surface area contributed by atoms with Crippen molar-refractivity contribution in [1.82, 2.24) is 0 Å². The molecule has 0 N–H and O–H groups in total. The van der Waals surface area contributed by atoms with Gasteiger partial charge in [0.15, 0.2) is 5.78 Å². The smallest absolute Gasteiger partial charge is 0.152 e. The van der Waals surface area contributed by atoms with Gasteiger partial charge in [0.1, 0.15) is 0 Å². The first-order valence-electron chi connectivity index (χ1n) is 3.65. The van der Waals surface area contributed by atoms with Crippen LogP contribution in [0.3, 0.4) is 0 Å². The molecule has 0 unspecified atom stereocenters. The van der Waals surface area contributed by atoms with Crippen LogP contribution in [0.1, 0.15) is 5.56 Å². The molecule has 0 fully saturated rings. The number of ketones is 1. The van der Waals surface area contributed by atoms with Crippen LogP contribution in [0, 0.1) is 3.57 Å². The summed E-state index contributed by atoms with van der Waals surface area (Å²) < 4.78 is 2.06. The molecule has 13 heavy (non-hydrogen) atoms. The second kappa shape index (κ2) is 5.32. The van der Waals surface area contributed by atoms with Crippen molar-refractivity contribution in [2.24, 2.45) is 0 Å². The minimum atomic E-state index is 0.0477. The second-order valence-electron chi connectivity index (χ2n) is 2.55. The Balaban J connectivity index is 2.93. The van der Waals surface area contributed by atoms with Crippen molar-refractivity contribution in [1.29, 1.82) is 0 Å². The highest BCUT2D eigenvalue weighted by atomic mass is 127. The summed E-state index contributed by atoms with van der Waals surface area (Å²) in [7, 11) is 0. The highest BCUT2D eigenvalue weighted by Crippen LogP contribution is 2.22. The number of Topliss-reactive ketones (excluding diaryl/α,β-unsaturated/α-hetero) is 1.